The van der Waals surface area contributed by atoms with Gasteiger partial charge in [-0.15, -0.1) is 0 Å². The molecule has 0 bridgehead atoms. The number of aryl methyl sites for hydroxylation is 1. The van der Waals surface area contributed by atoms with Gasteiger partial charge in [0.1, 0.15) is 6.61 Å². The van der Waals surface area contributed by atoms with E-state index in [4.69, 9.17) is 28.6 Å². The fourth-order valence-corrected chi connectivity index (χ4v) is 6.59. The molecular weight excluding hydrogens is 518 g/mol. The molecule has 0 radical (unpaired) electrons. The number of anilines is 2. The summed E-state index contributed by atoms with van der Waals surface area (Å²) in [5.74, 6) is -0.260. The Morgan fingerprint density at radius 1 is 1.18 bits per heavy atom. The quantitative estimate of drug-likeness (QED) is 0.330. The third-order valence-corrected chi connectivity index (χ3v) is 8.29. The monoisotopic (exact) mass is 551 g/mol. The van der Waals surface area contributed by atoms with Crippen molar-refractivity contribution in [3.05, 3.63) is 76.3 Å². The van der Waals surface area contributed by atoms with Crippen molar-refractivity contribution in [1.29, 1.82) is 0 Å². The van der Waals surface area contributed by atoms with E-state index in [0.717, 1.165) is 11.4 Å². The van der Waals surface area contributed by atoms with Crippen LogP contribution in [0, 0.1) is 13.8 Å². The molecule has 1 aliphatic carbocycles. The van der Waals surface area contributed by atoms with Crippen molar-refractivity contribution in [2.45, 2.75) is 64.1 Å². The molecule has 200 valence electrons. The second-order valence-corrected chi connectivity index (χ2v) is 10.9. The van der Waals surface area contributed by atoms with Crippen LogP contribution in [0.5, 0.6) is 0 Å². The number of ether oxygens (including phenoxy) is 1. The maximum Gasteiger partial charge on any atom is 0.250 e. The molecule has 0 unspecified atom stereocenters. The number of aromatic nitrogens is 2. The summed E-state index contributed by atoms with van der Waals surface area (Å²) in [6.07, 6.45) is 8.13. The summed E-state index contributed by atoms with van der Waals surface area (Å²) in [6, 6.07) is 14.2. The van der Waals surface area contributed by atoms with Crippen LogP contribution in [0.2, 0.25) is 5.02 Å². The first-order valence-electron chi connectivity index (χ1n) is 13.2. The molecule has 7 nitrogen and oxygen atoms in total. The molecule has 5 rings (SSSR count). The van der Waals surface area contributed by atoms with Crippen LogP contribution in [-0.4, -0.2) is 34.3 Å². The van der Waals surface area contributed by atoms with Gasteiger partial charge < -0.3 is 24.8 Å². The summed E-state index contributed by atoms with van der Waals surface area (Å²) in [4.78, 5) is 18.9. The van der Waals surface area contributed by atoms with Gasteiger partial charge in [-0.3, -0.25) is 9.78 Å². The van der Waals surface area contributed by atoms with Crippen molar-refractivity contribution in [2.75, 3.05) is 23.9 Å². The average molecular weight is 552 g/mol. The third-order valence-electron chi connectivity index (χ3n) is 7.66. The Labute approximate surface area is 234 Å². The molecule has 1 saturated heterocycles. The van der Waals surface area contributed by atoms with Crippen molar-refractivity contribution >= 4 is 46.2 Å². The van der Waals surface area contributed by atoms with Crippen molar-refractivity contribution < 1.29 is 9.53 Å². The fraction of sp³-hybridized carbons (Fsp3) is 0.414. The lowest BCUT2D eigenvalue weighted by Crippen LogP contribution is -2.29. The van der Waals surface area contributed by atoms with E-state index in [1.165, 1.54) is 56.2 Å². The first-order valence-corrected chi connectivity index (χ1v) is 13.9. The summed E-state index contributed by atoms with van der Waals surface area (Å²) in [5, 5.41) is 7.38. The number of nitrogens with one attached hydrogen (secondary N) is 2. The SMILES string of the molecule is COCC(=O)Nc1ccc(N2C(=S)N[C@H](c3ccccn3)[C@@H]2c2cc(C)n(C3CCCCC3)c2C)cc1Cl. The van der Waals surface area contributed by atoms with E-state index < -0.39 is 0 Å². The number of hydrogen-bond donors (Lipinski definition) is 2. The fourth-order valence-electron chi connectivity index (χ4n) is 6.02. The van der Waals surface area contributed by atoms with Gasteiger partial charge in [-0.05, 0) is 80.9 Å². The highest BCUT2D eigenvalue weighted by atomic mass is 35.5. The molecule has 3 aromatic rings. The van der Waals surface area contributed by atoms with Crippen LogP contribution >= 0.6 is 23.8 Å². The highest BCUT2D eigenvalue weighted by Gasteiger charge is 2.42. The molecule has 9 heteroatoms. The number of benzene rings is 1. The highest BCUT2D eigenvalue weighted by Crippen LogP contribution is 2.45. The molecule has 38 heavy (non-hydrogen) atoms. The number of thiocarbonyl (C=S) groups is 1. The van der Waals surface area contributed by atoms with Gasteiger partial charge in [0.15, 0.2) is 5.11 Å². The maximum atomic E-state index is 12.1. The largest absolute Gasteiger partial charge is 0.375 e. The van der Waals surface area contributed by atoms with Crippen LogP contribution in [0.15, 0.2) is 48.7 Å². The Balaban J connectivity index is 1.56. The van der Waals surface area contributed by atoms with Crippen LogP contribution in [0.1, 0.15) is 72.9 Å². The van der Waals surface area contributed by atoms with Gasteiger partial charge in [-0.25, -0.2) is 0 Å². The van der Waals surface area contributed by atoms with Gasteiger partial charge in [0, 0.05) is 36.4 Å². The Morgan fingerprint density at radius 2 is 1.97 bits per heavy atom. The number of pyridine rings is 1. The van der Waals surface area contributed by atoms with E-state index in [1.54, 1.807) is 0 Å². The Kier molecular flexibility index (Phi) is 8.02. The summed E-state index contributed by atoms with van der Waals surface area (Å²) >= 11 is 12.6. The number of halogens is 1. The molecule has 2 N–H and O–H groups in total. The van der Waals surface area contributed by atoms with Crippen LogP contribution in [-0.2, 0) is 9.53 Å². The lowest BCUT2D eigenvalue weighted by Gasteiger charge is -2.30. The van der Waals surface area contributed by atoms with Crippen molar-refractivity contribution in [3.8, 4) is 0 Å². The zero-order chi connectivity index (χ0) is 26.8. The zero-order valence-corrected chi connectivity index (χ0v) is 23.6. The molecule has 2 atom stereocenters. The summed E-state index contributed by atoms with van der Waals surface area (Å²) in [7, 11) is 1.48. The second-order valence-electron chi connectivity index (χ2n) is 10.1. The maximum absolute atomic E-state index is 12.1. The number of nitrogens with zero attached hydrogens (tertiary/aromatic N) is 3. The average Bonchev–Trinajstić information content (AvgIpc) is 3.41. The van der Waals surface area contributed by atoms with Crippen molar-refractivity contribution in [1.82, 2.24) is 14.9 Å². The van der Waals surface area contributed by atoms with Gasteiger partial charge in [-0.2, -0.15) is 0 Å². The topological polar surface area (TPSA) is 71.4 Å². The molecule has 2 aromatic heterocycles. The third kappa shape index (κ3) is 5.17. The number of rotatable bonds is 7. The molecule has 2 fully saturated rings. The molecule has 2 aliphatic rings. The molecule has 1 aromatic carbocycles. The van der Waals surface area contributed by atoms with Gasteiger partial charge in [0.2, 0.25) is 5.91 Å². The molecule has 1 amide bonds. The normalized spacial score (nSPS) is 20.0. The van der Waals surface area contributed by atoms with E-state index >= 15 is 0 Å². The number of methoxy groups -OCH3 is 1. The molecule has 3 heterocycles. The zero-order valence-electron chi connectivity index (χ0n) is 22.0. The molecule has 1 aliphatic heterocycles. The smallest absolute Gasteiger partial charge is 0.250 e. The minimum absolute atomic E-state index is 0.0390. The van der Waals surface area contributed by atoms with Crippen LogP contribution in [0.4, 0.5) is 11.4 Å². The van der Waals surface area contributed by atoms with E-state index in [1.807, 2.05) is 42.6 Å². The number of carbonyl (C=O) groups excluding carboxylic acids is 1. The predicted octanol–water partition coefficient (Wildman–Crippen LogP) is 6.42. The number of carbonyl (C=O) groups is 1. The number of amides is 1. The Bertz CT molecular complexity index is 1320. The molecule has 1 saturated carbocycles. The Morgan fingerprint density at radius 3 is 2.66 bits per heavy atom. The highest BCUT2D eigenvalue weighted by molar-refractivity contribution is 7.80. The van der Waals surface area contributed by atoms with E-state index in [9.17, 15) is 4.79 Å². The predicted molar refractivity (Wildman–Crippen MR) is 156 cm³/mol. The minimum atomic E-state index is -0.260. The first-order chi connectivity index (χ1) is 18.4. The molecule has 0 spiro atoms. The lowest BCUT2D eigenvalue weighted by molar-refractivity contribution is -0.119. The second kappa shape index (κ2) is 11.4. The van der Waals surface area contributed by atoms with Gasteiger partial charge >= 0.3 is 0 Å². The van der Waals surface area contributed by atoms with E-state index in [0.29, 0.717) is 21.9 Å². The number of hydrogen-bond acceptors (Lipinski definition) is 4. The van der Waals surface area contributed by atoms with Gasteiger partial charge in [0.05, 0.1) is 28.5 Å². The minimum Gasteiger partial charge on any atom is -0.375 e. The van der Waals surface area contributed by atoms with Gasteiger partial charge in [-0.1, -0.05) is 36.9 Å². The summed E-state index contributed by atoms with van der Waals surface area (Å²) < 4.78 is 7.45. The first kappa shape index (κ1) is 26.7. The van der Waals surface area contributed by atoms with Crippen LogP contribution < -0.4 is 15.5 Å². The van der Waals surface area contributed by atoms with Crippen molar-refractivity contribution in [2.24, 2.45) is 0 Å². The van der Waals surface area contributed by atoms with Gasteiger partial charge in [0.25, 0.3) is 0 Å². The lowest BCUT2D eigenvalue weighted by atomic mass is 9.94. The Hall–Kier alpha value is -2.94. The van der Waals surface area contributed by atoms with E-state index in [2.05, 4.69) is 45.0 Å². The van der Waals surface area contributed by atoms with Crippen LogP contribution in [0.3, 0.4) is 0 Å². The summed E-state index contributed by atoms with van der Waals surface area (Å²) in [6.45, 7) is 4.40. The molecular formula is C29H34ClN5O2S. The van der Waals surface area contributed by atoms with E-state index in [-0.39, 0.29) is 24.6 Å². The summed E-state index contributed by atoms with van der Waals surface area (Å²) in [5.41, 5.74) is 6.08. The van der Waals surface area contributed by atoms with Crippen LogP contribution in [0.25, 0.3) is 0 Å². The van der Waals surface area contributed by atoms with Crippen molar-refractivity contribution in [3.63, 3.8) is 0 Å². The standard InChI is InChI=1S/C29H34ClN5O2S/c1-18-15-22(19(2)34(18)20-9-5-4-6-10-20)28-27(25-11-7-8-14-31-25)33-29(38)35(28)21-12-13-24(23(30)16-21)32-26(36)17-37-3/h7-8,11-16,20,27-28H,4-6,9-10,17H2,1-3H3,(H,32,36)(H,33,38)/t27-,28+/m1/s1.